The summed E-state index contributed by atoms with van der Waals surface area (Å²) in [7, 11) is 0. The third-order valence-corrected chi connectivity index (χ3v) is 6.02. The number of hydrogen-bond donors (Lipinski definition) is 2. The van der Waals surface area contributed by atoms with Crippen LogP contribution in [0, 0.1) is 0 Å². The number of hydrogen-bond acceptors (Lipinski definition) is 2. The van der Waals surface area contributed by atoms with Crippen molar-refractivity contribution in [2.24, 2.45) is 0 Å². The van der Waals surface area contributed by atoms with Gasteiger partial charge in [-0.25, -0.2) is 4.68 Å². The van der Waals surface area contributed by atoms with E-state index in [1.165, 1.54) is 94.2 Å². The molecule has 178 valence electrons. The van der Waals surface area contributed by atoms with Crippen molar-refractivity contribution in [3.63, 3.8) is 0 Å². The van der Waals surface area contributed by atoms with Gasteiger partial charge in [0.05, 0.1) is 5.69 Å². The summed E-state index contributed by atoms with van der Waals surface area (Å²) >= 11 is 0. The lowest BCUT2D eigenvalue weighted by Crippen LogP contribution is -2.13. The Bertz CT molecular complexity index is 795. The smallest absolute Gasteiger partial charge is 0.273 e. The number of amides is 1. The fourth-order valence-electron chi connectivity index (χ4n) is 4.10. The maximum atomic E-state index is 12.2. The van der Waals surface area contributed by atoms with E-state index in [0.717, 1.165) is 18.5 Å². The number of H-pyrrole nitrogens is 1. The molecule has 5 heteroatoms. The average Bonchev–Trinajstić information content (AvgIpc) is 3.16. The van der Waals surface area contributed by atoms with Crippen LogP contribution in [-0.4, -0.2) is 15.7 Å². The van der Waals surface area contributed by atoms with Crippen molar-refractivity contribution < 1.29 is 4.79 Å². The van der Waals surface area contributed by atoms with Crippen molar-refractivity contribution in [2.75, 3.05) is 5.32 Å². The van der Waals surface area contributed by atoms with Crippen LogP contribution in [-0.2, 0) is 4.79 Å². The second kappa shape index (κ2) is 16.3. The monoisotopic (exact) mass is 441 g/mol. The molecule has 0 fully saturated rings. The third-order valence-electron chi connectivity index (χ3n) is 6.02. The zero-order chi connectivity index (χ0) is 22.9. The second-order valence-corrected chi connectivity index (χ2v) is 8.93. The maximum absolute atomic E-state index is 12.2. The van der Waals surface area contributed by atoms with E-state index < -0.39 is 0 Å². The summed E-state index contributed by atoms with van der Waals surface area (Å²) in [6.07, 6.45) is 20.2. The predicted octanol–water partition coefficient (Wildman–Crippen LogP) is 7.37. The Labute approximate surface area is 194 Å². The Morgan fingerprint density at radius 1 is 0.781 bits per heavy atom. The van der Waals surface area contributed by atoms with Crippen LogP contribution < -0.4 is 10.9 Å². The zero-order valence-corrected chi connectivity index (χ0v) is 20.0. The molecule has 0 atom stereocenters. The highest BCUT2D eigenvalue weighted by Crippen LogP contribution is 2.14. The molecule has 0 saturated heterocycles. The van der Waals surface area contributed by atoms with Crippen molar-refractivity contribution in [3.05, 3.63) is 46.8 Å². The number of rotatable bonds is 18. The van der Waals surface area contributed by atoms with Crippen LogP contribution in [0.1, 0.15) is 110 Å². The van der Waals surface area contributed by atoms with E-state index in [1.54, 1.807) is 0 Å². The molecule has 0 unspecified atom stereocenters. The lowest BCUT2D eigenvalue weighted by atomic mass is 10.0. The van der Waals surface area contributed by atoms with Gasteiger partial charge in [-0.05, 0) is 18.6 Å². The van der Waals surface area contributed by atoms with Crippen molar-refractivity contribution in [1.29, 1.82) is 0 Å². The predicted molar refractivity (Wildman–Crippen MR) is 135 cm³/mol. The Balaban J connectivity index is 1.44. The first-order chi connectivity index (χ1) is 15.7. The van der Waals surface area contributed by atoms with Gasteiger partial charge < -0.3 is 5.32 Å². The summed E-state index contributed by atoms with van der Waals surface area (Å²) in [6, 6.07) is 10.8. The molecule has 0 aliphatic heterocycles. The van der Waals surface area contributed by atoms with Crippen LogP contribution in [0.15, 0.2) is 41.2 Å². The highest BCUT2D eigenvalue weighted by molar-refractivity contribution is 5.89. The summed E-state index contributed by atoms with van der Waals surface area (Å²) in [4.78, 5) is 24.3. The minimum absolute atomic E-state index is 0.0406. The molecule has 0 bridgehead atoms. The highest BCUT2D eigenvalue weighted by Gasteiger charge is 2.08. The number of para-hydroxylation sites is 1. The molecule has 1 aromatic heterocycles. The van der Waals surface area contributed by atoms with Crippen LogP contribution >= 0.6 is 0 Å². The molecule has 1 heterocycles. The van der Waals surface area contributed by atoms with Gasteiger partial charge in [0, 0.05) is 12.5 Å². The molecule has 0 saturated carbocycles. The minimum Gasteiger partial charge on any atom is -0.311 e. The Morgan fingerprint density at radius 2 is 1.28 bits per heavy atom. The van der Waals surface area contributed by atoms with Crippen molar-refractivity contribution in [3.8, 4) is 5.69 Å². The van der Waals surface area contributed by atoms with Gasteiger partial charge >= 0.3 is 0 Å². The van der Waals surface area contributed by atoms with Crippen LogP contribution in [0.3, 0.4) is 0 Å². The highest BCUT2D eigenvalue weighted by atomic mass is 16.2. The standard InChI is InChI=1S/C27H43N3O2/c1-2-3-4-5-6-7-8-9-10-11-12-13-14-15-19-22-26(31)28-25-23-27(32)30(29-25)24-20-17-16-18-21-24/h16-18,20-21,23,29H,2-15,19,22H2,1H3,(H,28,31). The van der Waals surface area contributed by atoms with Crippen LogP contribution in [0.5, 0.6) is 0 Å². The molecule has 32 heavy (non-hydrogen) atoms. The fraction of sp³-hybridized carbons (Fsp3) is 0.630. The molecule has 5 nitrogen and oxygen atoms in total. The van der Waals surface area contributed by atoms with E-state index in [2.05, 4.69) is 17.3 Å². The van der Waals surface area contributed by atoms with Crippen molar-refractivity contribution in [2.45, 2.75) is 110 Å². The van der Waals surface area contributed by atoms with Crippen molar-refractivity contribution in [1.82, 2.24) is 9.78 Å². The minimum atomic E-state index is -0.182. The van der Waals surface area contributed by atoms with E-state index in [-0.39, 0.29) is 11.5 Å². The Morgan fingerprint density at radius 3 is 1.81 bits per heavy atom. The molecule has 0 aliphatic carbocycles. The number of unbranched alkanes of at least 4 members (excludes halogenated alkanes) is 14. The first kappa shape index (κ1) is 26.0. The number of carbonyl (C=O) groups is 1. The average molecular weight is 442 g/mol. The number of aromatic amines is 1. The topological polar surface area (TPSA) is 66.9 Å². The summed E-state index contributed by atoms with van der Waals surface area (Å²) in [5.74, 6) is 0.408. The molecule has 0 aliphatic rings. The summed E-state index contributed by atoms with van der Waals surface area (Å²) in [6.45, 7) is 2.27. The summed E-state index contributed by atoms with van der Waals surface area (Å²) in [5.41, 5.74) is 0.568. The molecule has 1 aromatic carbocycles. The third kappa shape index (κ3) is 10.8. The van der Waals surface area contributed by atoms with Gasteiger partial charge in [-0.2, -0.15) is 0 Å². The number of nitrogens with one attached hydrogen (secondary N) is 2. The second-order valence-electron chi connectivity index (χ2n) is 8.93. The molecule has 1 amide bonds. The molecule has 2 aromatic rings. The SMILES string of the molecule is CCCCCCCCCCCCCCCCCC(=O)Nc1cc(=O)n(-c2ccccc2)[nH]1. The number of aromatic nitrogens is 2. The molecule has 0 radical (unpaired) electrons. The normalized spacial score (nSPS) is 11.0. The Hall–Kier alpha value is -2.30. The number of benzene rings is 1. The number of anilines is 1. The van der Waals surface area contributed by atoms with E-state index in [9.17, 15) is 9.59 Å². The first-order valence-electron chi connectivity index (χ1n) is 12.9. The van der Waals surface area contributed by atoms with Gasteiger partial charge in [0.1, 0.15) is 5.82 Å². The molecular formula is C27H43N3O2. The molecule has 2 N–H and O–H groups in total. The van der Waals surface area contributed by atoms with Crippen LogP contribution in [0.4, 0.5) is 5.82 Å². The lowest BCUT2D eigenvalue weighted by Gasteiger charge is -2.05. The fourth-order valence-corrected chi connectivity index (χ4v) is 4.10. The molecular weight excluding hydrogens is 398 g/mol. The summed E-state index contributed by atoms with van der Waals surface area (Å²) < 4.78 is 1.43. The van der Waals surface area contributed by atoms with Gasteiger partial charge in [0.2, 0.25) is 5.91 Å². The van der Waals surface area contributed by atoms with Gasteiger partial charge in [-0.3, -0.25) is 14.7 Å². The van der Waals surface area contributed by atoms with Gasteiger partial charge in [-0.15, -0.1) is 0 Å². The lowest BCUT2D eigenvalue weighted by molar-refractivity contribution is -0.116. The largest absolute Gasteiger partial charge is 0.311 e. The van der Waals surface area contributed by atoms with E-state index in [0.29, 0.717) is 12.2 Å². The number of nitrogens with zero attached hydrogens (tertiary/aromatic N) is 1. The van der Waals surface area contributed by atoms with E-state index in [1.807, 2.05) is 30.3 Å². The summed E-state index contributed by atoms with van der Waals surface area (Å²) in [5, 5.41) is 5.76. The van der Waals surface area contributed by atoms with Crippen molar-refractivity contribution >= 4 is 11.7 Å². The molecule has 0 spiro atoms. The maximum Gasteiger partial charge on any atom is 0.273 e. The van der Waals surface area contributed by atoms with Crippen LogP contribution in [0.25, 0.3) is 5.69 Å². The van der Waals surface area contributed by atoms with E-state index in [4.69, 9.17) is 0 Å². The van der Waals surface area contributed by atoms with Gasteiger partial charge in [0.25, 0.3) is 5.56 Å². The first-order valence-corrected chi connectivity index (χ1v) is 12.9. The quantitative estimate of drug-likeness (QED) is 0.237. The van der Waals surface area contributed by atoms with Gasteiger partial charge in [0.15, 0.2) is 0 Å². The zero-order valence-electron chi connectivity index (χ0n) is 20.0. The van der Waals surface area contributed by atoms with Crippen LogP contribution in [0.2, 0.25) is 0 Å². The number of carbonyl (C=O) groups excluding carboxylic acids is 1. The molecule has 2 rings (SSSR count). The van der Waals surface area contributed by atoms with E-state index >= 15 is 0 Å². The Kier molecular flexibility index (Phi) is 13.3. The van der Waals surface area contributed by atoms with Gasteiger partial charge in [-0.1, -0.05) is 115 Å².